The fraction of sp³-hybridized carbons (Fsp3) is 0.818. The van der Waals surface area contributed by atoms with Crippen LogP contribution in [0.3, 0.4) is 0 Å². The van der Waals surface area contributed by atoms with Crippen LogP contribution in [0.5, 0.6) is 0 Å². The second-order valence-electron chi connectivity index (χ2n) is 3.78. The van der Waals surface area contributed by atoms with Crippen LogP contribution < -0.4 is 0 Å². The van der Waals surface area contributed by atoms with Gasteiger partial charge in [-0.3, -0.25) is 0 Å². The molecule has 0 aromatic heterocycles. The van der Waals surface area contributed by atoms with Crippen LogP contribution >= 0.6 is 0 Å². The first-order valence-corrected chi connectivity index (χ1v) is 5.13. The number of likely N-dealkylation sites (tertiary alicyclic amines) is 1. The third-order valence-corrected chi connectivity index (χ3v) is 2.71. The van der Waals surface area contributed by atoms with Gasteiger partial charge in [-0.1, -0.05) is 0 Å². The lowest BCUT2D eigenvalue weighted by atomic mass is 9.95. The van der Waals surface area contributed by atoms with E-state index >= 15 is 0 Å². The molecule has 2 heteroatoms. The molecule has 1 unspecified atom stereocenters. The summed E-state index contributed by atoms with van der Waals surface area (Å²) < 4.78 is 0. The van der Waals surface area contributed by atoms with Gasteiger partial charge in [0.15, 0.2) is 0 Å². The van der Waals surface area contributed by atoms with Crippen molar-refractivity contribution in [2.45, 2.75) is 25.7 Å². The molecule has 0 amide bonds. The molecule has 0 spiro atoms. The van der Waals surface area contributed by atoms with Gasteiger partial charge in [-0.25, -0.2) is 0 Å². The van der Waals surface area contributed by atoms with Crippen LogP contribution in [0.25, 0.3) is 0 Å². The number of piperidine rings is 1. The molecule has 0 aliphatic carbocycles. The summed E-state index contributed by atoms with van der Waals surface area (Å²) in [6.45, 7) is 3.66. The van der Waals surface area contributed by atoms with Gasteiger partial charge in [-0.05, 0) is 31.7 Å². The highest BCUT2D eigenvalue weighted by Gasteiger charge is 2.18. The SMILES string of the molecule is C#CCCN1CCCC(CCO)C1. The maximum absolute atomic E-state index is 8.83. The molecule has 1 atom stereocenters. The van der Waals surface area contributed by atoms with Gasteiger partial charge < -0.3 is 10.0 Å². The van der Waals surface area contributed by atoms with E-state index in [0.717, 1.165) is 25.9 Å². The Hall–Kier alpha value is -0.520. The van der Waals surface area contributed by atoms with Crippen LogP contribution in [0.2, 0.25) is 0 Å². The first kappa shape index (κ1) is 10.6. The molecule has 1 fully saturated rings. The molecule has 1 aliphatic heterocycles. The maximum Gasteiger partial charge on any atom is 0.0434 e. The Bertz CT molecular complexity index is 171. The molecule has 1 saturated heterocycles. The highest BCUT2D eigenvalue weighted by molar-refractivity contribution is 4.85. The number of hydrogen-bond donors (Lipinski definition) is 1. The highest BCUT2D eigenvalue weighted by atomic mass is 16.3. The van der Waals surface area contributed by atoms with Crippen molar-refractivity contribution in [3.63, 3.8) is 0 Å². The van der Waals surface area contributed by atoms with Crippen molar-refractivity contribution < 1.29 is 5.11 Å². The first-order valence-electron chi connectivity index (χ1n) is 5.13. The predicted molar refractivity (Wildman–Crippen MR) is 54.3 cm³/mol. The lowest BCUT2D eigenvalue weighted by molar-refractivity contribution is 0.150. The van der Waals surface area contributed by atoms with Crippen molar-refractivity contribution in [2.75, 3.05) is 26.2 Å². The van der Waals surface area contributed by atoms with E-state index < -0.39 is 0 Å². The Morgan fingerprint density at radius 3 is 3.08 bits per heavy atom. The summed E-state index contributed by atoms with van der Waals surface area (Å²) in [7, 11) is 0. The van der Waals surface area contributed by atoms with E-state index in [9.17, 15) is 0 Å². The van der Waals surface area contributed by atoms with E-state index in [1.54, 1.807) is 0 Å². The molecular formula is C11H19NO. The summed E-state index contributed by atoms with van der Waals surface area (Å²) in [5.41, 5.74) is 0. The molecule has 1 N–H and O–H groups in total. The molecule has 0 saturated carbocycles. The van der Waals surface area contributed by atoms with Crippen LogP contribution in [0.4, 0.5) is 0 Å². The predicted octanol–water partition coefficient (Wildman–Crippen LogP) is 1.10. The molecule has 0 aromatic carbocycles. The Kier molecular flexibility index (Phi) is 4.88. The van der Waals surface area contributed by atoms with Gasteiger partial charge in [-0.2, -0.15) is 0 Å². The normalized spacial score (nSPS) is 24.2. The molecule has 0 bridgehead atoms. The molecule has 13 heavy (non-hydrogen) atoms. The van der Waals surface area contributed by atoms with Crippen LogP contribution in [0.1, 0.15) is 25.7 Å². The Morgan fingerprint density at radius 1 is 1.54 bits per heavy atom. The first-order chi connectivity index (χ1) is 6.36. The van der Waals surface area contributed by atoms with Crippen molar-refractivity contribution in [3.8, 4) is 12.3 Å². The third-order valence-electron chi connectivity index (χ3n) is 2.71. The molecule has 0 aromatic rings. The molecule has 74 valence electrons. The summed E-state index contributed by atoms with van der Waals surface area (Å²) >= 11 is 0. The summed E-state index contributed by atoms with van der Waals surface area (Å²) in [6.07, 6.45) is 9.56. The van der Waals surface area contributed by atoms with Crippen molar-refractivity contribution in [2.24, 2.45) is 5.92 Å². The zero-order valence-electron chi connectivity index (χ0n) is 8.21. The van der Waals surface area contributed by atoms with Crippen molar-refractivity contribution in [3.05, 3.63) is 0 Å². The van der Waals surface area contributed by atoms with E-state index in [-0.39, 0.29) is 0 Å². The van der Waals surface area contributed by atoms with E-state index in [0.29, 0.717) is 12.5 Å². The van der Waals surface area contributed by atoms with Gasteiger partial charge in [0.25, 0.3) is 0 Å². The van der Waals surface area contributed by atoms with Gasteiger partial charge in [0.05, 0.1) is 0 Å². The van der Waals surface area contributed by atoms with Gasteiger partial charge in [-0.15, -0.1) is 12.3 Å². The zero-order valence-corrected chi connectivity index (χ0v) is 8.21. The minimum absolute atomic E-state index is 0.327. The van der Waals surface area contributed by atoms with Gasteiger partial charge in [0.1, 0.15) is 0 Å². The Labute approximate surface area is 80.9 Å². The van der Waals surface area contributed by atoms with Crippen molar-refractivity contribution in [1.82, 2.24) is 4.90 Å². The largest absolute Gasteiger partial charge is 0.396 e. The zero-order chi connectivity index (χ0) is 9.52. The lowest BCUT2D eigenvalue weighted by Crippen LogP contribution is -2.36. The van der Waals surface area contributed by atoms with E-state index in [1.807, 2.05) is 0 Å². The lowest BCUT2D eigenvalue weighted by Gasteiger charge is -2.31. The molecule has 1 aliphatic rings. The van der Waals surface area contributed by atoms with Crippen LogP contribution in [0, 0.1) is 18.3 Å². The number of hydrogen-bond acceptors (Lipinski definition) is 2. The summed E-state index contributed by atoms with van der Waals surface area (Å²) in [4.78, 5) is 2.42. The number of terminal acetylenes is 1. The molecule has 1 rings (SSSR count). The Balaban J connectivity index is 2.21. The highest BCUT2D eigenvalue weighted by Crippen LogP contribution is 2.18. The summed E-state index contributed by atoms with van der Waals surface area (Å²) in [5.74, 6) is 3.36. The fourth-order valence-corrected chi connectivity index (χ4v) is 2.00. The second-order valence-corrected chi connectivity index (χ2v) is 3.78. The van der Waals surface area contributed by atoms with Crippen LogP contribution in [-0.2, 0) is 0 Å². The monoisotopic (exact) mass is 181 g/mol. The van der Waals surface area contributed by atoms with Gasteiger partial charge in [0, 0.05) is 26.1 Å². The number of aliphatic hydroxyl groups excluding tert-OH is 1. The summed E-state index contributed by atoms with van der Waals surface area (Å²) in [6, 6.07) is 0. The third kappa shape index (κ3) is 3.80. The van der Waals surface area contributed by atoms with E-state index in [4.69, 9.17) is 11.5 Å². The number of nitrogens with zero attached hydrogens (tertiary/aromatic N) is 1. The van der Waals surface area contributed by atoms with Crippen molar-refractivity contribution >= 4 is 0 Å². The van der Waals surface area contributed by atoms with Crippen molar-refractivity contribution in [1.29, 1.82) is 0 Å². The molecule has 2 nitrogen and oxygen atoms in total. The minimum Gasteiger partial charge on any atom is -0.396 e. The molecule has 0 radical (unpaired) electrons. The Morgan fingerprint density at radius 2 is 2.38 bits per heavy atom. The molecular weight excluding hydrogens is 162 g/mol. The quantitative estimate of drug-likeness (QED) is 0.657. The molecule has 1 heterocycles. The standard InChI is InChI=1S/C11H19NO/c1-2-3-7-12-8-4-5-11(10-12)6-9-13/h1,11,13H,3-10H2. The van der Waals surface area contributed by atoms with Crippen LogP contribution in [-0.4, -0.2) is 36.2 Å². The van der Waals surface area contributed by atoms with E-state index in [2.05, 4.69) is 10.8 Å². The number of rotatable bonds is 4. The second kappa shape index (κ2) is 6.01. The smallest absolute Gasteiger partial charge is 0.0434 e. The van der Waals surface area contributed by atoms with E-state index in [1.165, 1.54) is 19.4 Å². The maximum atomic E-state index is 8.83. The fourth-order valence-electron chi connectivity index (χ4n) is 2.00. The minimum atomic E-state index is 0.327. The average molecular weight is 181 g/mol. The van der Waals surface area contributed by atoms with Crippen LogP contribution in [0.15, 0.2) is 0 Å². The van der Waals surface area contributed by atoms with Gasteiger partial charge in [0.2, 0.25) is 0 Å². The topological polar surface area (TPSA) is 23.5 Å². The van der Waals surface area contributed by atoms with Gasteiger partial charge >= 0.3 is 0 Å². The number of aliphatic hydroxyl groups is 1. The average Bonchev–Trinajstić information content (AvgIpc) is 2.16. The summed E-state index contributed by atoms with van der Waals surface area (Å²) in [5, 5.41) is 8.83.